The molecule has 5 nitrogen and oxygen atoms in total. The van der Waals surface area contributed by atoms with Crippen molar-refractivity contribution < 1.29 is 9.53 Å². The van der Waals surface area contributed by atoms with Gasteiger partial charge in [0.25, 0.3) is 5.91 Å². The molecular formula is C19H25N3O2. The minimum atomic E-state index is -0.147. The van der Waals surface area contributed by atoms with Crippen molar-refractivity contribution >= 4 is 5.91 Å². The number of benzene rings is 1. The highest BCUT2D eigenvalue weighted by molar-refractivity contribution is 5.94. The van der Waals surface area contributed by atoms with E-state index in [1.54, 1.807) is 6.20 Å². The van der Waals surface area contributed by atoms with E-state index in [1.165, 1.54) is 0 Å². The van der Waals surface area contributed by atoms with Gasteiger partial charge >= 0.3 is 0 Å². The van der Waals surface area contributed by atoms with E-state index in [0.29, 0.717) is 31.0 Å². The summed E-state index contributed by atoms with van der Waals surface area (Å²) in [4.78, 5) is 20.9. The van der Waals surface area contributed by atoms with Crippen molar-refractivity contribution in [1.29, 1.82) is 0 Å². The van der Waals surface area contributed by atoms with E-state index >= 15 is 0 Å². The number of hydrogen-bond acceptors (Lipinski definition) is 4. The van der Waals surface area contributed by atoms with Gasteiger partial charge in [-0.3, -0.25) is 4.79 Å². The van der Waals surface area contributed by atoms with Crippen molar-refractivity contribution in [2.24, 2.45) is 0 Å². The van der Waals surface area contributed by atoms with Crippen molar-refractivity contribution in [3.8, 4) is 0 Å². The number of rotatable bonds is 7. The van der Waals surface area contributed by atoms with Crippen LogP contribution >= 0.6 is 0 Å². The molecule has 0 unspecified atom stereocenters. The second-order valence-electron chi connectivity index (χ2n) is 5.94. The standard InChI is InChI=1S/C19H25N3O2/c1-5-18-17(11-20-14(4)22-18)19(23)21-10-15-8-6-7-9-16(15)12-24-13(2)3/h6-9,11,13H,5,10,12H2,1-4H3,(H,21,23). The van der Waals surface area contributed by atoms with Crippen molar-refractivity contribution in [1.82, 2.24) is 15.3 Å². The van der Waals surface area contributed by atoms with Crippen LogP contribution in [-0.4, -0.2) is 22.0 Å². The Morgan fingerprint density at radius 1 is 1.25 bits per heavy atom. The molecule has 1 aromatic heterocycles. The molecule has 0 aliphatic rings. The van der Waals surface area contributed by atoms with E-state index in [-0.39, 0.29) is 12.0 Å². The van der Waals surface area contributed by atoms with Gasteiger partial charge in [0.2, 0.25) is 0 Å². The maximum absolute atomic E-state index is 12.5. The van der Waals surface area contributed by atoms with Crippen LogP contribution < -0.4 is 5.32 Å². The Labute approximate surface area is 143 Å². The number of nitrogens with zero attached hydrogens (tertiary/aromatic N) is 2. The predicted octanol–water partition coefficient (Wildman–Crippen LogP) is 3.20. The number of ether oxygens (including phenoxy) is 1. The lowest BCUT2D eigenvalue weighted by Gasteiger charge is -2.13. The van der Waals surface area contributed by atoms with Crippen LogP contribution in [0.2, 0.25) is 0 Å². The number of amides is 1. The Morgan fingerprint density at radius 2 is 1.96 bits per heavy atom. The van der Waals surface area contributed by atoms with Crippen molar-refractivity contribution in [3.63, 3.8) is 0 Å². The van der Waals surface area contributed by atoms with Gasteiger partial charge in [-0.1, -0.05) is 31.2 Å². The number of carbonyl (C=O) groups is 1. The fraction of sp³-hybridized carbons (Fsp3) is 0.421. The first kappa shape index (κ1) is 18.1. The molecule has 128 valence electrons. The second kappa shape index (κ2) is 8.55. The molecule has 0 saturated heterocycles. The zero-order valence-corrected chi connectivity index (χ0v) is 14.8. The summed E-state index contributed by atoms with van der Waals surface area (Å²) in [7, 11) is 0. The predicted molar refractivity (Wildman–Crippen MR) is 93.7 cm³/mol. The Kier molecular flexibility index (Phi) is 6.44. The van der Waals surface area contributed by atoms with Gasteiger partial charge in [-0.15, -0.1) is 0 Å². The summed E-state index contributed by atoms with van der Waals surface area (Å²) in [5.74, 6) is 0.533. The molecule has 0 fully saturated rings. The maximum atomic E-state index is 12.5. The minimum absolute atomic E-state index is 0.147. The molecule has 0 radical (unpaired) electrons. The topological polar surface area (TPSA) is 64.1 Å². The summed E-state index contributed by atoms with van der Waals surface area (Å²) in [5.41, 5.74) is 3.45. The summed E-state index contributed by atoms with van der Waals surface area (Å²) in [6.07, 6.45) is 2.47. The molecule has 2 aromatic rings. The highest BCUT2D eigenvalue weighted by Gasteiger charge is 2.13. The molecule has 1 N–H and O–H groups in total. The first-order valence-corrected chi connectivity index (χ1v) is 8.30. The SMILES string of the molecule is CCc1nc(C)ncc1C(=O)NCc1ccccc1COC(C)C. The van der Waals surface area contributed by atoms with Gasteiger partial charge in [-0.05, 0) is 38.3 Å². The van der Waals surface area contributed by atoms with Crippen LogP contribution in [0, 0.1) is 6.92 Å². The summed E-state index contributed by atoms with van der Waals surface area (Å²) < 4.78 is 5.68. The Bertz CT molecular complexity index is 699. The monoisotopic (exact) mass is 327 g/mol. The van der Waals surface area contributed by atoms with Crippen LogP contribution in [0.3, 0.4) is 0 Å². The quantitative estimate of drug-likeness (QED) is 0.848. The van der Waals surface area contributed by atoms with Gasteiger partial charge in [0.15, 0.2) is 0 Å². The third kappa shape index (κ3) is 4.86. The number of aryl methyl sites for hydroxylation is 2. The molecule has 0 saturated carbocycles. The van der Waals surface area contributed by atoms with Gasteiger partial charge in [0, 0.05) is 12.7 Å². The van der Waals surface area contributed by atoms with E-state index in [2.05, 4.69) is 15.3 Å². The Hall–Kier alpha value is -2.27. The lowest BCUT2D eigenvalue weighted by Crippen LogP contribution is -2.25. The summed E-state index contributed by atoms with van der Waals surface area (Å²) in [5, 5.41) is 2.96. The molecule has 2 rings (SSSR count). The number of hydrogen-bond donors (Lipinski definition) is 1. The molecular weight excluding hydrogens is 302 g/mol. The molecule has 0 bridgehead atoms. The summed E-state index contributed by atoms with van der Waals surface area (Å²) in [6, 6.07) is 7.97. The van der Waals surface area contributed by atoms with Crippen LogP contribution in [0.15, 0.2) is 30.5 Å². The van der Waals surface area contributed by atoms with Crippen molar-refractivity contribution in [2.45, 2.75) is 53.4 Å². The smallest absolute Gasteiger partial charge is 0.254 e. The number of carbonyl (C=O) groups excluding carboxylic acids is 1. The number of nitrogens with one attached hydrogen (secondary N) is 1. The highest BCUT2D eigenvalue weighted by Crippen LogP contribution is 2.12. The highest BCUT2D eigenvalue weighted by atomic mass is 16.5. The van der Waals surface area contributed by atoms with Gasteiger partial charge in [-0.25, -0.2) is 9.97 Å². The molecule has 0 aliphatic carbocycles. The van der Waals surface area contributed by atoms with E-state index < -0.39 is 0 Å². The Balaban J connectivity index is 2.07. The first-order valence-electron chi connectivity index (χ1n) is 8.30. The van der Waals surface area contributed by atoms with Crippen LogP contribution in [0.5, 0.6) is 0 Å². The van der Waals surface area contributed by atoms with E-state index in [9.17, 15) is 4.79 Å². The van der Waals surface area contributed by atoms with Crippen molar-refractivity contribution in [3.05, 3.63) is 58.7 Å². The normalized spacial score (nSPS) is 10.9. The largest absolute Gasteiger partial charge is 0.374 e. The lowest BCUT2D eigenvalue weighted by atomic mass is 10.1. The van der Waals surface area contributed by atoms with E-state index in [0.717, 1.165) is 16.8 Å². The van der Waals surface area contributed by atoms with Gasteiger partial charge in [0.1, 0.15) is 5.82 Å². The van der Waals surface area contributed by atoms with Gasteiger partial charge in [-0.2, -0.15) is 0 Å². The Morgan fingerprint density at radius 3 is 2.62 bits per heavy atom. The molecule has 0 spiro atoms. The zero-order valence-electron chi connectivity index (χ0n) is 14.8. The molecule has 24 heavy (non-hydrogen) atoms. The van der Waals surface area contributed by atoms with Gasteiger partial charge < -0.3 is 10.1 Å². The third-order valence-corrected chi connectivity index (χ3v) is 3.70. The van der Waals surface area contributed by atoms with E-state index in [1.807, 2.05) is 52.0 Å². The van der Waals surface area contributed by atoms with Crippen LogP contribution in [0.25, 0.3) is 0 Å². The van der Waals surface area contributed by atoms with Crippen molar-refractivity contribution in [2.75, 3.05) is 0 Å². The third-order valence-electron chi connectivity index (χ3n) is 3.70. The molecule has 1 aromatic carbocycles. The average Bonchev–Trinajstić information content (AvgIpc) is 2.58. The van der Waals surface area contributed by atoms with Gasteiger partial charge in [0.05, 0.1) is 24.0 Å². The maximum Gasteiger partial charge on any atom is 0.254 e. The minimum Gasteiger partial charge on any atom is -0.374 e. The molecule has 5 heteroatoms. The molecule has 1 amide bonds. The van der Waals surface area contributed by atoms with Crippen LogP contribution in [0.1, 0.15) is 53.8 Å². The second-order valence-corrected chi connectivity index (χ2v) is 5.94. The number of aromatic nitrogens is 2. The molecule has 0 aliphatic heterocycles. The molecule has 1 heterocycles. The first-order chi connectivity index (χ1) is 11.5. The van der Waals surface area contributed by atoms with Crippen LogP contribution in [0.4, 0.5) is 0 Å². The van der Waals surface area contributed by atoms with E-state index in [4.69, 9.17) is 4.74 Å². The van der Waals surface area contributed by atoms with Crippen LogP contribution in [-0.2, 0) is 24.3 Å². The average molecular weight is 327 g/mol. The summed E-state index contributed by atoms with van der Waals surface area (Å²) >= 11 is 0. The molecule has 0 atom stereocenters. The zero-order chi connectivity index (χ0) is 17.5. The fourth-order valence-corrected chi connectivity index (χ4v) is 2.37. The summed E-state index contributed by atoms with van der Waals surface area (Å²) in [6.45, 7) is 8.82. The lowest BCUT2D eigenvalue weighted by molar-refractivity contribution is 0.0651. The fourth-order valence-electron chi connectivity index (χ4n) is 2.37.